The van der Waals surface area contributed by atoms with E-state index in [0.29, 0.717) is 0 Å². The Bertz CT molecular complexity index is 76.0. The average Bonchev–Trinajstić information content (AvgIpc) is 1.99. The van der Waals surface area contributed by atoms with E-state index in [1.54, 1.807) is 0 Å². The minimum absolute atomic E-state index is 0.156. The number of aliphatic hydroxyl groups excluding tert-OH is 1. The van der Waals surface area contributed by atoms with E-state index < -0.39 is 6.29 Å². The fourth-order valence-electron chi connectivity index (χ4n) is 0.426. The lowest BCUT2D eigenvalue weighted by Crippen LogP contribution is -2.31. The zero-order valence-electron chi connectivity index (χ0n) is 6.40. The van der Waals surface area contributed by atoms with Crippen LogP contribution in [0.25, 0.3) is 0 Å². The van der Waals surface area contributed by atoms with Crippen LogP contribution >= 0.6 is 0 Å². The van der Waals surface area contributed by atoms with Gasteiger partial charge in [-0.3, -0.25) is 9.68 Å². The predicted octanol–water partition coefficient (Wildman–Crippen LogP) is -0.624. The first kappa shape index (κ1) is 9.80. The maximum atomic E-state index is 8.87. The van der Waals surface area contributed by atoms with Crippen molar-refractivity contribution in [2.45, 2.75) is 6.29 Å². The van der Waals surface area contributed by atoms with Gasteiger partial charge in [0.15, 0.2) is 6.29 Å². The van der Waals surface area contributed by atoms with Crippen LogP contribution in [0.4, 0.5) is 0 Å². The zero-order chi connectivity index (χ0) is 7.98. The molecule has 0 fully saturated rings. The average molecular weight is 151 g/mol. The van der Waals surface area contributed by atoms with E-state index in [2.05, 4.69) is 14.4 Å². The highest BCUT2D eigenvalue weighted by atomic mass is 16.9. The number of nitrogens with zero attached hydrogens (tertiary/aromatic N) is 1. The summed E-state index contributed by atoms with van der Waals surface area (Å²) in [6, 6.07) is 0. The number of ether oxygens (including phenoxy) is 1. The Balaban J connectivity index is 3.41. The van der Waals surface area contributed by atoms with Crippen LogP contribution in [0, 0.1) is 0 Å². The van der Waals surface area contributed by atoms with E-state index in [0.717, 1.165) is 5.23 Å². The molecule has 1 N–H and O–H groups in total. The third-order valence-corrected chi connectivity index (χ3v) is 0.985. The molecular formula is C5H13NO4. The maximum absolute atomic E-state index is 8.87. The second-order valence-electron chi connectivity index (χ2n) is 1.57. The van der Waals surface area contributed by atoms with Crippen molar-refractivity contribution >= 4 is 0 Å². The van der Waals surface area contributed by atoms with Gasteiger partial charge in [0, 0.05) is 7.11 Å². The Labute approximate surface area is 60.0 Å². The summed E-state index contributed by atoms with van der Waals surface area (Å²) in [4.78, 5) is 9.29. The summed E-state index contributed by atoms with van der Waals surface area (Å²) in [6.45, 7) is 0.156. The molecule has 0 aliphatic heterocycles. The quantitative estimate of drug-likeness (QED) is 0.419. The molecule has 0 bridgehead atoms. The summed E-state index contributed by atoms with van der Waals surface area (Å²) in [6.07, 6.45) is -0.889. The van der Waals surface area contributed by atoms with Gasteiger partial charge in [0.25, 0.3) is 0 Å². The first-order chi connectivity index (χ1) is 4.74. The van der Waals surface area contributed by atoms with E-state index >= 15 is 0 Å². The SMILES string of the molecule is COC(O)CN(OC)OC. The lowest BCUT2D eigenvalue weighted by Gasteiger charge is -2.18. The first-order valence-corrected chi connectivity index (χ1v) is 2.81. The fraction of sp³-hybridized carbons (Fsp3) is 1.00. The van der Waals surface area contributed by atoms with Gasteiger partial charge in [-0.25, -0.2) is 0 Å². The van der Waals surface area contributed by atoms with Crippen LogP contribution in [0.2, 0.25) is 0 Å². The van der Waals surface area contributed by atoms with Gasteiger partial charge in [-0.1, -0.05) is 5.23 Å². The molecule has 0 spiro atoms. The third kappa shape index (κ3) is 3.76. The van der Waals surface area contributed by atoms with Gasteiger partial charge in [0.05, 0.1) is 14.2 Å². The molecule has 1 atom stereocenters. The normalized spacial score (nSPS) is 14.1. The molecule has 0 heterocycles. The van der Waals surface area contributed by atoms with E-state index in [-0.39, 0.29) is 6.54 Å². The lowest BCUT2D eigenvalue weighted by atomic mass is 10.6. The van der Waals surface area contributed by atoms with Crippen molar-refractivity contribution < 1.29 is 19.5 Å². The maximum Gasteiger partial charge on any atom is 0.171 e. The molecule has 0 aromatic rings. The molecule has 0 aliphatic carbocycles. The number of aliphatic hydroxyl groups is 1. The Kier molecular flexibility index (Phi) is 5.46. The minimum Gasteiger partial charge on any atom is -0.367 e. The topological polar surface area (TPSA) is 51.2 Å². The van der Waals surface area contributed by atoms with Gasteiger partial charge >= 0.3 is 0 Å². The van der Waals surface area contributed by atoms with Gasteiger partial charge in [-0.15, -0.1) is 0 Å². The lowest BCUT2D eigenvalue weighted by molar-refractivity contribution is -0.359. The highest BCUT2D eigenvalue weighted by Crippen LogP contribution is 1.92. The summed E-state index contributed by atoms with van der Waals surface area (Å²) in [5.41, 5.74) is 0. The van der Waals surface area contributed by atoms with Crippen LogP contribution in [0.3, 0.4) is 0 Å². The van der Waals surface area contributed by atoms with Crippen LogP contribution in [-0.4, -0.2) is 44.5 Å². The standard InChI is InChI=1S/C5H13NO4/c1-8-5(7)4-6(9-2)10-3/h5,7H,4H2,1-3H3. The van der Waals surface area contributed by atoms with Crippen molar-refractivity contribution in [3.63, 3.8) is 0 Å². The van der Waals surface area contributed by atoms with E-state index in [4.69, 9.17) is 5.11 Å². The van der Waals surface area contributed by atoms with Gasteiger partial charge in [-0.05, 0) is 0 Å². The number of methoxy groups -OCH3 is 1. The van der Waals surface area contributed by atoms with E-state index in [1.165, 1.54) is 21.3 Å². The molecule has 0 amide bonds. The Hall–Kier alpha value is -0.200. The zero-order valence-corrected chi connectivity index (χ0v) is 6.40. The number of hydrogen-bond donors (Lipinski definition) is 1. The Morgan fingerprint density at radius 1 is 1.30 bits per heavy atom. The van der Waals surface area contributed by atoms with Crippen molar-refractivity contribution in [3.05, 3.63) is 0 Å². The highest BCUT2D eigenvalue weighted by molar-refractivity contribution is 4.36. The van der Waals surface area contributed by atoms with Crippen LogP contribution in [-0.2, 0) is 14.4 Å². The van der Waals surface area contributed by atoms with Crippen LogP contribution in [0.5, 0.6) is 0 Å². The van der Waals surface area contributed by atoms with Crippen molar-refractivity contribution in [2.75, 3.05) is 27.9 Å². The van der Waals surface area contributed by atoms with Crippen molar-refractivity contribution in [2.24, 2.45) is 0 Å². The molecule has 0 rings (SSSR count). The molecule has 62 valence electrons. The summed E-state index contributed by atoms with van der Waals surface area (Å²) in [7, 11) is 4.27. The molecule has 0 saturated carbocycles. The number of hydrogen-bond acceptors (Lipinski definition) is 5. The highest BCUT2D eigenvalue weighted by Gasteiger charge is 2.08. The van der Waals surface area contributed by atoms with Crippen LogP contribution in [0.15, 0.2) is 0 Å². The second kappa shape index (κ2) is 5.57. The monoisotopic (exact) mass is 151 g/mol. The summed E-state index contributed by atoms with van der Waals surface area (Å²) in [5, 5.41) is 9.97. The Morgan fingerprint density at radius 3 is 2.10 bits per heavy atom. The molecule has 5 nitrogen and oxygen atoms in total. The molecule has 0 aromatic carbocycles. The molecule has 0 aromatic heterocycles. The minimum atomic E-state index is -0.889. The second-order valence-corrected chi connectivity index (χ2v) is 1.57. The molecule has 5 heteroatoms. The molecule has 0 aliphatic rings. The van der Waals surface area contributed by atoms with Gasteiger partial charge in [-0.2, -0.15) is 0 Å². The van der Waals surface area contributed by atoms with E-state index in [1.807, 2.05) is 0 Å². The van der Waals surface area contributed by atoms with Crippen LogP contribution in [0.1, 0.15) is 0 Å². The van der Waals surface area contributed by atoms with Gasteiger partial charge in [0.2, 0.25) is 0 Å². The van der Waals surface area contributed by atoms with Crippen molar-refractivity contribution in [3.8, 4) is 0 Å². The Morgan fingerprint density at radius 2 is 1.80 bits per heavy atom. The van der Waals surface area contributed by atoms with Crippen molar-refractivity contribution in [1.82, 2.24) is 5.23 Å². The van der Waals surface area contributed by atoms with Crippen LogP contribution < -0.4 is 0 Å². The fourth-order valence-corrected chi connectivity index (χ4v) is 0.426. The smallest absolute Gasteiger partial charge is 0.171 e. The predicted molar refractivity (Wildman–Crippen MR) is 33.7 cm³/mol. The summed E-state index contributed by atoms with van der Waals surface area (Å²) >= 11 is 0. The molecule has 0 saturated heterocycles. The van der Waals surface area contributed by atoms with E-state index in [9.17, 15) is 0 Å². The molecule has 1 unspecified atom stereocenters. The summed E-state index contributed by atoms with van der Waals surface area (Å²) < 4.78 is 4.54. The van der Waals surface area contributed by atoms with Crippen molar-refractivity contribution in [1.29, 1.82) is 0 Å². The molecular weight excluding hydrogens is 138 g/mol. The largest absolute Gasteiger partial charge is 0.367 e. The summed E-state index contributed by atoms with van der Waals surface area (Å²) in [5.74, 6) is 0. The van der Waals surface area contributed by atoms with Gasteiger partial charge in [0.1, 0.15) is 6.54 Å². The molecule has 10 heavy (non-hydrogen) atoms. The third-order valence-electron chi connectivity index (χ3n) is 0.985. The molecule has 0 radical (unpaired) electrons. The number of rotatable bonds is 5. The van der Waals surface area contributed by atoms with Gasteiger partial charge < -0.3 is 9.84 Å². The number of hydroxylamine groups is 2. The first-order valence-electron chi connectivity index (χ1n) is 2.81.